The molecule has 0 aromatic carbocycles. The van der Waals surface area contributed by atoms with Gasteiger partial charge in [-0.15, -0.1) is 11.3 Å². The van der Waals surface area contributed by atoms with Crippen LogP contribution in [0.5, 0.6) is 0 Å². The number of β-amino-alcohol motifs (C(OH)–C–C–N with tert-alkyl or cyclic N) is 1. The van der Waals surface area contributed by atoms with Crippen LogP contribution in [0.15, 0.2) is 28.9 Å². The number of carbonyl (C=O) groups is 2. The summed E-state index contributed by atoms with van der Waals surface area (Å²) in [6, 6.07) is 5.00. The van der Waals surface area contributed by atoms with E-state index in [9.17, 15) is 14.7 Å². The van der Waals surface area contributed by atoms with E-state index in [1.54, 1.807) is 23.1 Å². The van der Waals surface area contributed by atoms with E-state index < -0.39 is 6.10 Å². The highest BCUT2D eigenvalue weighted by Gasteiger charge is 2.26. The minimum absolute atomic E-state index is 0.0928. The van der Waals surface area contributed by atoms with Gasteiger partial charge in [-0.05, 0) is 43.5 Å². The first-order chi connectivity index (χ1) is 11.0. The zero-order valence-electron chi connectivity index (χ0n) is 12.7. The lowest BCUT2D eigenvalue weighted by Gasteiger charge is -2.29. The summed E-state index contributed by atoms with van der Waals surface area (Å²) in [5.41, 5.74) is 0.815. The van der Waals surface area contributed by atoms with E-state index in [4.69, 9.17) is 4.42 Å². The van der Waals surface area contributed by atoms with Gasteiger partial charge in [0, 0.05) is 13.1 Å². The lowest BCUT2D eigenvalue weighted by Crippen LogP contribution is -2.42. The summed E-state index contributed by atoms with van der Waals surface area (Å²) in [5, 5.41) is 13.1. The van der Waals surface area contributed by atoms with Crippen LogP contribution < -0.4 is 5.32 Å². The summed E-state index contributed by atoms with van der Waals surface area (Å²) in [7, 11) is 0. The van der Waals surface area contributed by atoms with Gasteiger partial charge in [-0.2, -0.15) is 0 Å². The number of anilines is 1. The van der Waals surface area contributed by atoms with Gasteiger partial charge >= 0.3 is 0 Å². The molecule has 2 aromatic rings. The molecule has 7 heteroatoms. The van der Waals surface area contributed by atoms with Crippen LogP contribution in [0, 0.1) is 6.92 Å². The number of piperidine rings is 1. The molecule has 0 bridgehead atoms. The van der Waals surface area contributed by atoms with E-state index in [0.29, 0.717) is 23.0 Å². The summed E-state index contributed by atoms with van der Waals surface area (Å²) >= 11 is 1.24. The van der Waals surface area contributed by atoms with Crippen LogP contribution >= 0.6 is 11.3 Å². The third-order valence-electron chi connectivity index (χ3n) is 3.78. The van der Waals surface area contributed by atoms with Crippen LogP contribution in [0.2, 0.25) is 0 Å². The molecule has 2 aromatic heterocycles. The van der Waals surface area contributed by atoms with Gasteiger partial charge in [0.05, 0.1) is 22.2 Å². The summed E-state index contributed by atoms with van der Waals surface area (Å²) in [6.07, 6.45) is 2.52. The molecule has 0 aliphatic carbocycles. The van der Waals surface area contributed by atoms with Crippen molar-refractivity contribution in [2.24, 2.45) is 0 Å². The molecule has 1 saturated heterocycles. The van der Waals surface area contributed by atoms with Crippen molar-refractivity contribution in [2.75, 3.05) is 18.4 Å². The number of hydrogen-bond acceptors (Lipinski definition) is 5. The number of thiophene rings is 1. The zero-order valence-corrected chi connectivity index (χ0v) is 13.6. The largest absolute Gasteiger partial charge is 0.459 e. The Morgan fingerprint density at radius 3 is 3.00 bits per heavy atom. The Morgan fingerprint density at radius 1 is 1.48 bits per heavy atom. The number of carbonyl (C=O) groups excluding carboxylic acids is 2. The molecule has 1 atom stereocenters. The highest BCUT2D eigenvalue weighted by Crippen LogP contribution is 2.29. The molecule has 1 aliphatic heterocycles. The Kier molecular flexibility index (Phi) is 4.49. The van der Waals surface area contributed by atoms with Crippen LogP contribution in [0.25, 0.3) is 0 Å². The highest BCUT2D eigenvalue weighted by atomic mass is 32.1. The van der Waals surface area contributed by atoms with Crippen LogP contribution in [0.4, 0.5) is 5.00 Å². The first-order valence-corrected chi connectivity index (χ1v) is 8.29. The maximum atomic E-state index is 12.6. The fourth-order valence-electron chi connectivity index (χ4n) is 2.62. The van der Waals surface area contributed by atoms with Gasteiger partial charge in [0.25, 0.3) is 11.8 Å². The molecule has 2 N–H and O–H groups in total. The number of aliphatic hydroxyl groups excluding tert-OH is 1. The maximum absolute atomic E-state index is 12.6. The number of aryl methyl sites for hydroxylation is 1. The molecule has 1 aliphatic rings. The molecule has 1 unspecified atom stereocenters. The molecule has 0 spiro atoms. The lowest BCUT2D eigenvalue weighted by molar-refractivity contribution is 0.0477. The van der Waals surface area contributed by atoms with Crippen molar-refractivity contribution in [1.82, 2.24) is 4.90 Å². The minimum atomic E-state index is -0.453. The number of hydrogen-bond donors (Lipinski definition) is 2. The molecular weight excluding hydrogens is 316 g/mol. The van der Waals surface area contributed by atoms with E-state index in [-0.39, 0.29) is 17.6 Å². The molecule has 122 valence electrons. The summed E-state index contributed by atoms with van der Waals surface area (Å²) in [6.45, 7) is 2.86. The lowest BCUT2D eigenvalue weighted by atomic mass is 10.1. The Labute approximate surface area is 137 Å². The van der Waals surface area contributed by atoms with Crippen LogP contribution in [-0.2, 0) is 0 Å². The van der Waals surface area contributed by atoms with E-state index in [2.05, 4.69) is 5.32 Å². The number of nitrogens with one attached hydrogen (secondary N) is 1. The minimum Gasteiger partial charge on any atom is -0.459 e. The predicted molar refractivity (Wildman–Crippen MR) is 86.9 cm³/mol. The molecule has 3 rings (SSSR count). The second-order valence-corrected chi connectivity index (χ2v) is 6.65. The molecule has 6 nitrogen and oxygen atoms in total. The van der Waals surface area contributed by atoms with Crippen molar-refractivity contribution in [1.29, 1.82) is 0 Å². The van der Waals surface area contributed by atoms with Crippen molar-refractivity contribution in [3.63, 3.8) is 0 Å². The second-order valence-electron chi connectivity index (χ2n) is 5.60. The average Bonchev–Trinajstić information content (AvgIpc) is 3.16. The van der Waals surface area contributed by atoms with Gasteiger partial charge in [-0.1, -0.05) is 0 Å². The van der Waals surface area contributed by atoms with Crippen molar-refractivity contribution >= 4 is 28.2 Å². The molecule has 1 fully saturated rings. The second kappa shape index (κ2) is 6.55. The van der Waals surface area contributed by atoms with Crippen LogP contribution in [-0.4, -0.2) is 41.0 Å². The fourth-order valence-corrected chi connectivity index (χ4v) is 3.66. The molecule has 0 radical (unpaired) electrons. The summed E-state index contributed by atoms with van der Waals surface area (Å²) in [5.74, 6) is -0.212. The Hall–Kier alpha value is -2.12. The molecule has 23 heavy (non-hydrogen) atoms. The monoisotopic (exact) mass is 334 g/mol. The molecule has 0 saturated carbocycles. The van der Waals surface area contributed by atoms with E-state index in [1.165, 1.54) is 17.6 Å². The normalized spacial score (nSPS) is 18.0. The Morgan fingerprint density at radius 2 is 2.30 bits per heavy atom. The van der Waals surface area contributed by atoms with E-state index in [1.807, 2.05) is 6.92 Å². The number of amides is 2. The average molecular weight is 334 g/mol. The van der Waals surface area contributed by atoms with Gasteiger partial charge in [0.1, 0.15) is 0 Å². The number of furan rings is 1. The maximum Gasteiger partial charge on any atom is 0.291 e. The van der Waals surface area contributed by atoms with Crippen molar-refractivity contribution < 1.29 is 19.1 Å². The number of rotatable bonds is 3. The van der Waals surface area contributed by atoms with Gasteiger partial charge in [0.15, 0.2) is 5.76 Å². The first-order valence-electron chi connectivity index (χ1n) is 7.47. The van der Waals surface area contributed by atoms with Gasteiger partial charge in [0.2, 0.25) is 0 Å². The number of likely N-dealkylation sites (tertiary alicyclic amines) is 1. The van der Waals surface area contributed by atoms with E-state index in [0.717, 1.165) is 18.4 Å². The van der Waals surface area contributed by atoms with Gasteiger partial charge < -0.3 is 19.7 Å². The number of nitrogens with zero attached hydrogens (tertiary/aromatic N) is 1. The summed E-state index contributed by atoms with van der Waals surface area (Å²) < 4.78 is 5.05. The van der Waals surface area contributed by atoms with Crippen molar-refractivity contribution in [3.8, 4) is 0 Å². The Balaban J connectivity index is 1.73. The smallest absolute Gasteiger partial charge is 0.291 e. The molecular formula is C16H18N2O4S. The predicted octanol–water partition coefficient (Wildman–Crippen LogP) is 2.50. The van der Waals surface area contributed by atoms with Crippen molar-refractivity contribution in [3.05, 3.63) is 40.7 Å². The standard InChI is InChI=1S/C16H18N2O4S/c1-10-8-13(17-15(20)12-5-3-7-22-12)23-14(10)16(21)18-6-2-4-11(19)9-18/h3,5,7-8,11,19H,2,4,6,9H2,1H3,(H,17,20). The molecule has 3 heterocycles. The third kappa shape index (κ3) is 3.46. The first kappa shape index (κ1) is 15.8. The highest BCUT2D eigenvalue weighted by molar-refractivity contribution is 7.18. The quantitative estimate of drug-likeness (QED) is 0.903. The SMILES string of the molecule is Cc1cc(NC(=O)c2ccco2)sc1C(=O)N1CCCC(O)C1. The zero-order chi connectivity index (χ0) is 16.4. The third-order valence-corrected chi connectivity index (χ3v) is 4.92. The van der Waals surface area contributed by atoms with Crippen molar-refractivity contribution in [2.45, 2.75) is 25.9 Å². The topological polar surface area (TPSA) is 82.8 Å². The summed E-state index contributed by atoms with van der Waals surface area (Å²) in [4.78, 5) is 26.8. The van der Waals surface area contributed by atoms with Crippen LogP contribution in [0.3, 0.4) is 0 Å². The van der Waals surface area contributed by atoms with Gasteiger partial charge in [-0.25, -0.2) is 0 Å². The molecule has 2 amide bonds. The fraction of sp³-hybridized carbons (Fsp3) is 0.375. The number of aliphatic hydroxyl groups is 1. The van der Waals surface area contributed by atoms with Crippen LogP contribution in [0.1, 0.15) is 38.6 Å². The Bertz CT molecular complexity index is 708. The van der Waals surface area contributed by atoms with E-state index >= 15 is 0 Å². The van der Waals surface area contributed by atoms with Gasteiger partial charge in [-0.3, -0.25) is 9.59 Å².